The van der Waals surface area contributed by atoms with E-state index in [4.69, 9.17) is 5.73 Å². The number of hydrogen-bond donors (Lipinski definition) is 1. The molecule has 0 unspecified atom stereocenters. The Morgan fingerprint density at radius 3 is 2.68 bits per heavy atom. The molecule has 0 bridgehead atoms. The van der Waals surface area contributed by atoms with E-state index in [0.717, 1.165) is 30.9 Å². The standard InChI is InChI=1S/C15H21N3S/c1-3-14(16)15-8-7-12(10-17-15)18(4-2)11-13-6-5-9-19-13/h5-10,14H,3-4,11,16H2,1-2H3/t14-/m0/s1. The summed E-state index contributed by atoms with van der Waals surface area (Å²) in [6.07, 6.45) is 2.85. The first-order valence-corrected chi connectivity index (χ1v) is 7.61. The van der Waals surface area contributed by atoms with Gasteiger partial charge in [0.25, 0.3) is 0 Å². The van der Waals surface area contributed by atoms with Crippen LogP contribution in [-0.4, -0.2) is 11.5 Å². The minimum Gasteiger partial charge on any atom is -0.365 e. The van der Waals surface area contributed by atoms with Crippen LogP contribution in [-0.2, 0) is 6.54 Å². The maximum atomic E-state index is 5.99. The van der Waals surface area contributed by atoms with E-state index in [1.54, 1.807) is 11.3 Å². The van der Waals surface area contributed by atoms with Crippen LogP contribution in [0.3, 0.4) is 0 Å². The molecule has 0 spiro atoms. The molecule has 0 aromatic carbocycles. The summed E-state index contributed by atoms with van der Waals surface area (Å²) < 4.78 is 0. The van der Waals surface area contributed by atoms with Crippen LogP contribution in [0.15, 0.2) is 35.8 Å². The van der Waals surface area contributed by atoms with Gasteiger partial charge in [-0.3, -0.25) is 4.98 Å². The maximum absolute atomic E-state index is 5.99. The lowest BCUT2D eigenvalue weighted by molar-refractivity contribution is 0.674. The summed E-state index contributed by atoms with van der Waals surface area (Å²) >= 11 is 1.79. The summed E-state index contributed by atoms with van der Waals surface area (Å²) in [6.45, 7) is 6.16. The van der Waals surface area contributed by atoms with Crippen molar-refractivity contribution in [2.45, 2.75) is 32.9 Å². The molecule has 3 nitrogen and oxygen atoms in total. The van der Waals surface area contributed by atoms with Crippen molar-refractivity contribution in [2.75, 3.05) is 11.4 Å². The Balaban J connectivity index is 2.10. The van der Waals surface area contributed by atoms with Crippen molar-refractivity contribution in [2.24, 2.45) is 5.73 Å². The fourth-order valence-corrected chi connectivity index (χ4v) is 2.71. The van der Waals surface area contributed by atoms with Crippen LogP contribution in [0.25, 0.3) is 0 Å². The number of nitrogens with zero attached hydrogens (tertiary/aromatic N) is 2. The van der Waals surface area contributed by atoms with Crippen LogP contribution >= 0.6 is 11.3 Å². The van der Waals surface area contributed by atoms with E-state index in [-0.39, 0.29) is 6.04 Å². The Bertz CT molecular complexity index is 479. The monoisotopic (exact) mass is 275 g/mol. The Morgan fingerprint density at radius 2 is 2.16 bits per heavy atom. The predicted molar refractivity (Wildman–Crippen MR) is 82.5 cm³/mol. The number of nitrogens with two attached hydrogens (primary N) is 1. The van der Waals surface area contributed by atoms with Crippen molar-refractivity contribution < 1.29 is 0 Å². The van der Waals surface area contributed by atoms with Gasteiger partial charge >= 0.3 is 0 Å². The van der Waals surface area contributed by atoms with Gasteiger partial charge in [-0.05, 0) is 36.9 Å². The molecule has 1 atom stereocenters. The molecule has 0 aliphatic rings. The van der Waals surface area contributed by atoms with Crippen molar-refractivity contribution in [1.29, 1.82) is 0 Å². The smallest absolute Gasteiger partial charge is 0.0572 e. The zero-order chi connectivity index (χ0) is 13.7. The summed E-state index contributed by atoms with van der Waals surface area (Å²) in [7, 11) is 0. The van der Waals surface area contributed by atoms with Crippen molar-refractivity contribution in [1.82, 2.24) is 4.98 Å². The van der Waals surface area contributed by atoms with E-state index in [0.29, 0.717) is 0 Å². The molecule has 102 valence electrons. The van der Waals surface area contributed by atoms with E-state index in [9.17, 15) is 0 Å². The number of thiophene rings is 1. The Kier molecular flexibility index (Phi) is 4.93. The second-order valence-corrected chi connectivity index (χ2v) is 5.58. The van der Waals surface area contributed by atoms with Gasteiger partial charge in [0.05, 0.1) is 24.1 Å². The van der Waals surface area contributed by atoms with Crippen LogP contribution in [0.4, 0.5) is 5.69 Å². The number of anilines is 1. The highest BCUT2D eigenvalue weighted by Gasteiger charge is 2.09. The summed E-state index contributed by atoms with van der Waals surface area (Å²) in [6, 6.07) is 8.47. The molecule has 19 heavy (non-hydrogen) atoms. The lowest BCUT2D eigenvalue weighted by atomic mass is 10.1. The van der Waals surface area contributed by atoms with Gasteiger partial charge in [-0.2, -0.15) is 0 Å². The van der Waals surface area contributed by atoms with Gasteiger partial charge in [0, 0.05) is 17.5 Å². The maximum Gasteiger partial charge on any atom is 0.0572 e. The van der Waals surface area contributed by atoms with Gasteiger partial charge in [0.2, 0.25) is 0 Å². The number of aromatic nitrogens is 1. The van der Waals surface area contributed by atoms with Crippen LogP contribution in [0, 0.1) is 0 Å². The number of rotatable bonds is 6. The summed E-state index contributed by atoms with van der Waals surface area (Å²) in [5.74, 6) is 0. The lowest BCUT2D eigenvalue weighted by Gasteiger charge is -2.22. The van der Waals surface area contributed by atoms with E-state index < -0.39 is 0 Å². The van der Waals surface area contributed by atoms with E-state index in [1.807, 2.05) is 12.3 Å². The molecule has 0 saturated heterocycles. The van der Waals surface area contributed by atoms with Crippen LogP contribution in [0.1, 0.15) is 36.9 Å². The van der Waals surface area contributed by atoms with E-state index in [1.165, 1.54) is 4.88 Å². The second-order valence-electron chi connectivity index (χ2n) is 4.55. The van der Waals surface area contributed by atoms with Crippen molar-refractivity contribution >= 4 is 17.0 Å². The molecule has 0 aliphatic heterocycles. The van der Waals surface area contributed by atoms with Gasteiger partial charge < -0.3 is 10.6 Å². The highest BCUT2D eigenvalue weighted by atomic mass is 32.1. The van der Waals surface area contributed by atoms with Gasteiger partial charge in [0.1, 0.15) is 0 Å². The minimum atomic E-state index is 0.0430. The molecule has 0 radical (unpaired) electrons. The molecule has 4 heteroatoms. The highest BCUT2D eigenvalue weighted by molar-refractivity contribution is 7.09. The van der Waals surface area contributed by atoms with Gasteiger partial charge in [-0.15, -0.1) is 11.3 Å². The van der Waals surface area contributed by atoms with Crippen molar-refractivity contribution in [3.05, 3.63) is 46.4 Å². The minimum absolute atomic E-state index is 0.0430. The molecule has 0 aliphatic carbocycles. The second kappa shape index (κ2) is 6.68. The summed E-state index contributed by atoms with van der Waals surface area (Å²) in [4.78, 5) is 8.18. The average Bonchev–Trinajstić information content (AvgIpc) is 2.97. The number of hydrogen-bond acceptors (Lipinski definition) is 4. The Hall–Kier alpha value is -1.39. The van der Waals surface area contributed by atoms with Gasteiger partial charge in [-0.1, -0.05) is 13.0 Å². The average molecular weight is 275 g/mol. The largest absolute Gasteiger partial charge is 0.365 e. The van der Waals surface area contributed by atoms with Crippen LogP contribution in [0.5, 0.6) is 0 Å². The first-order valence-electron chi connectivity index (χ1n) is 6.73. The molecule has 2 N–H and O–H groups in total. The molecule has 0 saturated carbocycles. The van der Waals surface area contributed by atoms with Crippen molar-refractivity contribution in [3.63, 3.8) is 0 Å². The van der Waals surface area contributed by atoms with E-state index >= 15 is 0 Å². The molecule has 2 aromatic heterocycles. The third-order valence-electron chi connectivity index (χ3n) is 3.26. The van der Waals surface area contributed by atoms with Crippen molar-refractivity contribution in [3.8, 4) is 0 Å². The fourth-order valence-electron chi connectivity index (χ4n) is 1.99. The molecular weight excluding hydrogens is 254 g/mol. The molecule has 0 amide bonds. The molecule has 2 aromatic rings. The zero-order valence-electron chi connectivity index (χ0n) is 11.5. The SMILES string of the molecule is CC[C@H](N)c1ccc(N(CC)Cc2cccs2)cn1. The first kappa shape index (κ1) is 14.0. The molecule has 2 heterocycles. The normalized spacial score (nSPS) is 12.4. The topological polar surface area (TPSA) is 42.1 Å². The summed E-state index contributed by atoms with van der Waals surface area (Å²) in [5.41, 5.74) is 8.11. The molecular formula is C15H21N3S. The first-order chi connectivity index (χ1) is 9.24. The highest BCUT2D eigenvalue weighted by Crippen LogP contribution is 2.20. The third-order valence-corrected chi connectivity index (χ3v) is 4.13. The molecule has 2 rings (SSSR count). The fraction of sp³-hybridized carbons (Fsp3) is 0.400. The van der Waals surface area contributed by atoms with Gasteiger partial charge in [-0.25, -0.2) is 0 Å². The van der Waals surface area contributed by atoms with Crippen LogP contribution < -0.4 is 10.6 Å². The molecule has 0 fully saturated rings. The Morgan fingerprint density at radius 1 is 1.32 bits per heavy atom. The lowest BCUT2D eigenvalue weighted by Crippen LogP contribution is -2.22. The summed E-state index contributed by atoms with van der Waals surface area (Å²) in [5, 5.41) is 2.12. The Labute approximate surface area is 119 Å². The van der Waals surface area contributed by atoms with Crippen LogP contribution in [0.2, 0.25) is 0 Å². The van der Waals surface area contributed by atoms with Gasteiger partial charge in [0.15, 0.2) is 0 Å². The predicted octanol–water partition coefficient (Wildman–Crippen LogP) is 3.58. The number of pyridine rings is 1. The van der Waals surface area contributed by atoms with E-state index in [2.05, 4.69) is 47.3 Å². The quantitative estimate of drug-likeness (QED) is 0.876. The zero-order valence-corrected chi connectivity index (χ0v) is 12.4. The third kappa shape index (κ3) is 3.55.